The topological polar surface area (TPSA) is 122 Å². The summed E-state index contributed by atoms with van der Waals surface area (Å²) in [5.41, 5.74) is 11.8. The first kappa shape index (κ1) is 20.4. The molecule has 8 heteroatoms. The maximum Gasteiger partial charge on any atom is 0.306 e. The predicted octanol–water partition coefficient (Wildman–Crippen LogP) is 4.88. The molecular weight excluding hydrogens is 428 g/mol. The van der Waals surface area contributed by atoms with Crippen LogP contribution in [0.15, 0.2) is 60.9 Å². The molecule has 8 nitrogen and oxygen atoms in total. The molecule has 0 saturated heterocycles. The molecule has 170 valence electrons. The number of nitrogen functional groups attached to an aromatic ring is 1. The van der Waals surface area contributed by atoms with Crippen molar-refractivity contribution < 1.29 is 9.90 Å². The molecule has 0 spiro atoms. The monoisotopic (exact) mass is 452 g/mol. The van der Waals surface area contributed by atoms with Crippen LogP contribution in [0.4, 0.5) is 5.82 Å². The highest BCUT2D eigenvalue weighted by molar-refractivity contribution is 5.98. The van der Waals surface area contributed by atoms with Gasteiger partial charge in [0.1, 0.15) is 23.4 Å². The van der Waals surface area contributed by atoms with E-state index < -0.39 is 5.97 Å². The molecule has 1 aliphatic rings. The molecule has 6 rings (SSSR count). The number of fused-ring (bicyclic) bond motifs is 2. The first-order chi connectivity index (χ1) is 16.6. The Labute approximate surface area is 195 Å². The minimum Gasteiger partial charge on any atom is -0.481 e. The number of hydrogen-bond donors (Lipinski definition) is 3. The Bertz CT molecular complexity index is 1510. The van der Waals surface area contributed by atoms with Gasteiger partial charge in [0.05, 0.1) is 17.1 Å². The quantitative estimate of drug-likeness (QED) is 0.357. The normalized spacial score (nSPS) is 18.5. The van der Waals surface area contributed by atoms with Crippen molar-refractivity contribution in [2.24, 2.45) is 5.92 Å². The van der Waals surface area contributed by atoms with E-state index in [1.807, 2.05) is 18.2 Å². The number of para-hydroxylation sites is 1. The SMILES string of the molecule is Nc1ncnn2c(C3CCC(C(=O)O)CC3)nc(-c3cc4cccc(-c5ccccc5)c4[nH]3)c12. The van der Waals surface area contributed by atoms with Crippen LogP contribution < -0.4 is 5.73 Å². The summed E-state index contributed by atoms with van der Waals surface area (Å²) >= 11 is 0. The maximum absolute atomic E-state index is 11.4. The third-order valence-corrected chi connectivity index (χ3v) is 6.92. The molecule has 1 saturated carbocycles. The summed E-state index contributed by atoms with van der Waals surface area (Å²) in [5.74, 6) is 0.294. The van der Waals surface area contributed by atoms with Crippen LogP contribution in [-0.4, -0.2) is 35.6 Å². The van der Waals surface area contributed by atoms with Gasteiger partial charge in [-0.25, -0.2) is 14.5 Å². The average Bonchev–Trinajstić information content (AvgIpc) is 3.47. The standard InChI is InChI=1S/C26H24N6O2/c27-24-23-22(20-13-18-7-4-8-19(21(18)30-20)15-5-2-1-3-6-15)31-25(32(23)29-14-28-24)16-9-11-17(12-10-16)26(33)34/h1-8,13-14,16-17,30H,9-12H2,(H,33,34)(H2,27,28,29). The molecule has 3 aromatic heterocycles. The molecule has 34 heavy (non-hydrogen) atoms. The van der Waals surface area contributed by atoms with Gasteiger partial charge in [-0.15, -0.1) is 0 Å². The van der Waals surface area contributed by atoms with Crippen molar-refractivity contribution in [1.82, 2.24) is 24.6 Å². The first-order valence-electron chi connectivity index (χ1n) is 11.5. The number of aromatic amines is 1. The van der Waals surface area contributed by atoms with Gasteiger partial charge in [0.15, 0.2) is 5.82 Å². The fourth-order valence-electron chi connectivity index (χ4n) is 5.17. The lowest BCUT2D eigenvalue weighted by Crippen LogP contribution is -2.21. The van der Waals surface area contributed by atoms with Gasteiger partial charge in [-0.1, -0.05) is 48.5 Å². The number of imidazole rings is 1. The lowest BCUT2D eigenvalue weighted by molar-refractivity contribution is -0.142. The number of aliphatic carboxylic acids is 1. The van der Waals surface area contributed by atoms with E-state index in [0.29, 0.717) is 29.9 Å². The van der Waals surface area contributed by atoms with Crippen LogP contribution in [0.5, 0.6) is 0 Å². The number of anilines is 1. The highest BCUT2D eigenvalue weighted by Gasteiger charge is 2.31. The lowest BCUT2D eigenvalue weighted by atomic mass is 9.82. The smallest absolute Gasteiger partial charge is 0.306 e. The van der Waals surface area contributed by atoms with Crippen molar-refractivity contribution in [1.29, 1.82) is 0 Å². The fraction of sp³-hybridized carbons (Fsp3) is 0.231. The van der Waals surface area contributed by atoms with Crippen LogP contribution in [-0.2, 0) is 4.79 Å². The van der Waals surface area contributed by atoms with Gasteiger partial charge in [-0.3, -0.25) is 4.79 Å². The number of benzene rings is 2. The Kier molecular flexibility index (Phi) is 4.79. The zero-order valence-corrected chi connectivity index (χ0v) is 18.5. The second-order valence-electron chi connectivity index (χ2n) is 8.93. The predicted molar refractivity (Wildman–Crippen MR) is 130 cm³/mol. The highest BCUT2D eigenvalue weighted by Crippen LogP contribution is 2.39. The van der Waals surface area contributed by atoms with Crippen LogP contribution in [0.2, 0.25) is 0 Å². The summed E-state index contributed by atoms with van der Waals surface area (Å²) < 4.78 is 1.78. The Hall–Kier alpha value is -4.20. The van der Waals surface area contributed by atoms with Gasteiger partial charge in [-0.2, -0.15) is 5.10 Å². The van der Waals surface area contributed by atoms with Gasteiger partial charge in [0.2, 0.25) is 0 Å². The molecule has 0 bridgehead atoms. The molecule has 2 aromatic carbocycles. The van der Waals surface area contributed by atoms with Crippen LogP contribution in [0.1, 0.15) is 37.4 Å². The van der Waals surface area contributed by atoms with E-state index in [1.165, 1.54) is 6.33 Å². The van der Waals surface area contributed by atoms with Crippen LogP contribution >= 0.6 is 0 Å². The minimum atomic E-state index is -0.717. The number of nitrogens with two attached hydrogens (primary N) is 1. The second kappa shape index (κ2) is 7.98. The van der Waals surface area contributed by atoms with Gasteiger partial charge in [-0.05, 0) is 37.3 Å². The van der Waals surface area contributed by atoms with Gasteiger partial charge >= 0.3 is 5.97 Å². The van der Waals surface area contributed by atoms with Crippen molar-refractivity contribution >= 4 is 28.2 Å². The van der Waals surface area contributed by atoms with E-state index in [2.05, 4.69) is 51.5 Å². The summed E-state index contributed by atoms with van der Waals surface area (Å²) in [5, 5.41) is 14.9. The van der Waals surface area contributed by atoms with Gasteiger partial charge < -0.3 is 15.8 Å². The summed E-state index contributed by atoms with van der Waals surface area (Å²) in [6.07, 6.45) is 4.22. The van der Waals surface area contributed by atoms with Crippen molar-refractivity contribution in [3.05, 3.63) is 66.7 Å². The average molecular weight is 453 g/mol. The summed E-state index contributed by atoms with van der Waals surface area (Å²) in [6.45, 7) is 0. The van der Waals surface area contributed by atoms with Crippen LogP contribution in [0, 0.1) is 5.92 Å². The number of H-pyrrole nitrogens is 1. The number of aromatic nitrogens is 5. The van der Waals surface area contributed by atoms with Crippen LogP contribution in [0.3, 0.4) is 0 Å². The van der Waals surface area contributed by atoms with Gasteiger partial charge in [0, 0.05) is 16.9 Å². The molecule has 0 atom stereocenters. The maximum atomic E-state index is 11.4. The fourth-order valence-corrected chi connectivity index (χ4v) is 5.17. The summed E-state index contributed by atoms with van der Waals surface area (Å²) in [7, 11) is 0. The molecule has 0 amide bonds. The zero-order chi connectivity index (χ0) is 23.2. The number of hydrogen-bond acceptors (Lipinski definition) is 5. The van der Waals surface area contributed by atoms with E-state index in [1.54, 1.807) is 4.52 Å². The van der Waals surface area contributed by atoms with Crippen molar-refractivity contribution in [2.45, 2.75) is 31.6 Å². The number of rotatable bonds is 4. The first-order valence-corrected chi connectivity index (χ1v) is 11.5. The Morgan fingerprint density at radius 1 is 1.06 bits per heavy atom. The molecule has 4 N–H and O–H groups in total. The molecular formula is C26H24N6O2. The van der Waals surface area contributed by atoms with E-state index in [4.69, 9.17) is 10.7 Å². The minimum absolute atomic E-state index is 0.121. The Morgan fingerprint density at radius 2 is 1.85 bits per heavy atom. The van der Waals surface area contributed by atoms with Gasteiger partial charge in [0.25, 0.3) is 0 Å². The van der Waals surface area contributed by atoms with E-state index in [-0.39, 0.29) is 11.8 Å². The number of carboxylic acid groups (broad SMARTS) is 1. The van der Waals surface area contributed by atoms with Crippen molar-refractivity contribution in [3.8, 4) is 22.5 Å². The largest absolute Gasteiger partial charge is 0.481 e. The van der Waals surface area contributed by atoms with E-state index >= 15 is 0 Å². The molecule has 1 fully saturated rings. The molecule has 1 aliphatic carbocycles. The second-order valence-corrected chi connectivity index (χ2v) is 8.93. The number of carbonyl (C=O) groups is 1. The number of carboxylic acids is 1. The third kappa shape index (κ3) is 3.30. The molecule has 0 aliphatic heterocycles. The van der Waals surface area contributed by atoms with Crippen molar-refractivity contribution in [3.63, 3.8) is 0 Å². The Morgan fingerprint density at radius 3 is 2.62 bits per heavy atom. The lowest BCUT2D eigenvalue weighted by Gasteiger charge is -2.24. The summed E-state index contributed by atoms with van der Waals surface area (Å²) in [4.78, 5) is 24.2. The number of nitrogens with one attached hydrogen (secondary N) is 1. The molecule has 5 aromatic rings. The van der Waals surface area contributed by atoms with Crippen molar-refractivity contribution in [2.75, 3.05) is 5.73 Å². The molecule has 0 unspecified atom stereocenters. The summed E-state index contributed by atoms with van der Waals surface area (Å²) in [6, 6.07) is 18.6. The van der Waals surface area contributed by atoms with Crippen LogP contribution in [0.25, 0.3) is 38.9 Å². The van der Waals surface area contributed by atoms with E-state index in [0.717, 1.165) is 46.4 Å². The zero-order valence-electron chi connectivity index (χ0n) is 18.5. The number of nitrogens with zero attached hydrogens (tertiary/aromatic N) is 4. The highest BCUT2D eigenvalue weighted by atomic mass is 16.4. The molecule has 0 radical (unpaired) electrons. The van der Waals surface area contributed by atoms with E-state index in [9.17, 15) is 9.90 Å². The Balaban J connectivity index is 1.48. The third-order valence-electron chi connectivity index (χ3n) is 6.92. The molecule has 3 heterocycles.